The third-order valence-corrected chi connectivity index (χ3v) is 8.43. The molecule has 1 aromatic carbocycles. The van der Waals surface area contributed by atoms with Gasteiger partial charge in [0.25, 0.3) is 10.0 Å². The Morgan fingerprint density at radius 3 is 2.44 bits per heavy atom. The van der Waals surface area contributed by atoms with Gasteiger partial charge < -0.3 is 5.32 Å². The van der Waals surface area contributed by atoms with Gasteiger partial charge in [0.15, 0.2) is 0 Å². The summed E-state index contributed by atoms with van der Waals surface area (Å²) in [4.78, 5) is 12.6. The van der Waals surface area contributed by atoms with Gasteiger partial charge in [-0.1, -0.05) is 37.3 Å². The summed E-state index contributed by atoms with van der Waals surface area (Å²) in [5.74, 6) is -0.132. The van der Waals surface area contributed by atoms with Gasteiger partial charge in [0.2, 0.25) is 5.91 Å². The first kappa shape index (κ1) is 20.0. The smallest absolute Gasteiger partial charge is 0.252 e. The van der Waals surface area contributed by atoms with Crippen LogP contribution in [0.15, 0.2) is 46.0 Å². The summed E-state index contributed by atoms with van der Waals surface area (Å²) < 4.78 is 27.0. The van der Waals surface area contributed by atoms with Crippen LogP contribution in [0.2, 0.25) is 0 Å². The summed E-state index contributed by atoms with van der Waals surface area (Å²) in [6.45, 7) is 4.87. The minimum atomic E-state index is -3.42. The molecule has 1 atom stereocenters. The molecule has 1 N–H and O–H groups in total. The Labute approximate surface area is 165 Å². The van der Waals surface area contributed by atoms with Crippen LogP contribution in [-0.4, -0.2) is 31.7 Å². The highest BCUT2D eigenvalue weighted by Crippen LogP contribution is 2.27. The van der Waals surface area contributed by atoms with E-state index in [2.05, 4.69) is 36.5 Å². The van der Waals surface area contributed by atoms with Gasteiger partial charge >= 0.3 is 0 Å². The van der Waals surface area contributed by atoms with Crippen LogP contribution < -0.4 is 5.32 Å². The minimum absolute atomic E-state index is 0.00948. The molecule has 0 aliphatic carbocycles. The number of amides is 1. The van der Waals surface area contributed by atoms with Crippen LogP contribution in [-0.2, 0) is 21.2 Å². The Hall–Kier alpha value is -1.70. The van der Waals surface area contributed by atoms with Gasteiger partial charge in [0.05, 0.1) is 6.04 Å². The van der Waals surface area contributed by atoms with Gasteiger partial charge in [-0.15, -0.1) is 11.3 Å². The first-order chi connectivity index (χ1) is 12.9. The molecular weight excluding hydrogens is 380 g/mol. The van der Waals surface area contributed by atoms with Crippen molar-refractivity contribution >= 4 is 27.3 Å². The average molecular weight is 407 g/mol. The number of piperidine rings is 1. The van der Waals surface area contributed by atoms with Crippen molar-refractivity contribution in [2.24, 2.45) is 5.92 Å². The maximum atomic E-state index is 12.6. The van der Waals surface area contributed by atoms with E-state index in [1.54, 1.807) is 17.5 Å². The zero-order valence-corrected chi connectivity index (χ0v) is 17.4. The van der Waals surface area contributed by atoms with Crippen molar-refractivity contribution < 1.29 is 13.2 Å². The molecule has 0 unspecified atom stereocenters. The summed E-state index contributed by atoms with van der Waals surface area (Å²) in [5.41, 5.74) is 2.36. The van der Waals surface area contributed by atoms with Crippen molar-refractivity contribution in [2.75, 3.05) is 13.1 Å². The number of benzene rings is 1. The first-order valence-electron chi connectivity index (χ1n) is 9.34. The molecule has 1 saturated heterocycles. The molecule has 1 aliphatic heterocycles. The third-order valence-electron chi connectivity index (χ3n) is 5.16. The highest BCUT2D eigenvalue weighted by Gasteiger charge is 2.32. The second kappa shape index (κ2) is 8.54. The summed E-state index contributed by atoms with van der Waals surface area (Å²) in [6.07, 6.45) is 2.10. The molecule has 1 aliphatic rings. The summed E-state index contributed by atoms with van der Waals surface area (Å²) in [6, 6.07) is 11.6. The van der Waals surface area contributed by atoms with Crippen LogP contribution in [0.5, 0.6) is 0 Å². The molecule has 0 radical (unpaired) electrons. The Kier molecular flexibility index (Phi) is 6.34. The van der Waals surface area contributed by atoms with E-state index < -0.39 is 10.0 Å². The van der Waals surface area contributed by atoms with Crippen molar-refractivity contribution in [1.82, 2.24) is 9.62 Å². The van der Waals surface area contributed by atoms with Gasteiger partial charge in [-0.25, -0.2) is 8.42 Å². The lowest BCUT2D eigenvalue weighted by Crippen LogP contribution is -2.43. The number of hydrogen-bond donors (Lipinski definition) is 1. The fourth-order valence-corrected chi connectivity index (χ4v) is 5.97. The number of carbonyl (C=O) groups is 1. The van der Waals surface area contributed by atoms with E-state index in [4.69, 9.17) is 0 Å². The number of nitrogens with zero attached hydrogens (tertiary/aromatic N) is 1. The van der Waals surface area contributed by atoms with Crippen LogP contribution in [0.4, 0.5) is 0 Å². The number of sulfonamides is 1. The molecule has 0 bridgehead atoms. The lowest BCUT2D eigenvalue weighted by molar-refractivity contribution is -0.126. The standard InChI is InChI=1S/C20H26N2O3S2/c1-3-16-6-8-17(9-7-16)15(2)21-20(23)18-10-12-22(13-11-18)27(24,25)19-5-4-14-26-19/h4-9,14-15,18H,3,10-13H2,1-2H3,(H,21,23)/t15-/m0/s1. The summed E-state index contributed by atoms with van der Waals surface area (Å²) in [5, 5.41) is 4.85. The van der Waals surface area contributed by atoms with E-state index >= 15 is 0 Å². The molecule has 5 nitrogen and oxygen atoms in total. The van der Waals surface area contributed by atoms with E-state index in [9.17, 15) is 13.2 Å². The number of aryl methyl sites for hydroxylation is 1. The molecule has 1 aromatic heterocycles. The van der Waals surface area contributed by atoms with Crippen molar-refractivity contribution in [3.05, 3.63) is 52.9 Å². The first-order valence-corrected chi connectivity index (χ1v) is 11.7. The van der Waals surface area contributed by atoms with Crippen molar-refractivity contribution in [3.8, 4) is 0 Å². The average Bonchev–Trinajstić information content (AvgIpc) is 3.24. The molecule has 27 heavy (non-hydrogen) atoms. The molecule has 1 amide bonds. The Bertz CT molecular complexity index is 853. The molecule has 7 heteroatoms. The van der Waals surface area contributed by atoms with E-state index in [1.165, 1.54) is 21.2 Å². The highest BCUT2D eigenvalue weighted by molar-refractivity contribution is 7.91. The third kappa shape index (κ3) is 4.59. The zero-order chi connectivity index (χ0) is 19.4. The van der Waals surface area contributed by atoms with Crippen LogP contribution >= 0.6 is 11.3 Å². The predicted molar refractivity (Wildman–Crippen MR) is 108 cm³/mol. The van der Waals surface area contributed by atoms with Crippen molar-refractivity contribution in [2.45, 2.75) is 43.4 Å². The monoisotopic (exact) mass is 406 g/mol. The summed E-state index contributed by atoms with van der Waals surface area (Å²) in [7, 11) is -3.42. The summed E-state index contributed by atoms with van der Waals surface area (Å²) >= 11 is 1.23. The van der Waals surface area contributed by atoms with E-state index in [1.807, 2.05) is 6.92 Å². The highest BCUT2D eigenvalue weighted by atomic mass is 32.2. The number of rotatable bonds is 6. The second-order valence-electron chi connectivity index (χ2n) is 6.94. The zero-order valence-electron chi connectivity index (χ0n) is 15.7. The van der Waals surface area contributed by atoms with E-state index in [0.29, 0.717) is 30.1 Å². The molecule has 1 fully saturated rings. The fourth-order valence-electron chi connectivity index (χ4n) is 3.35. The van der Waals surface area contributed by atoms with Crippen LogP contribution in [0.25, 0.3) is 0 Å². The number of nitrogens with one attached hydrogen (secondary N) is 1. The molecule has 0 spiro atoms. The molecule has 3 rings (SSSR count). The van der Waals surface area contributed by atoms with Gasteiger partial charge in [0, 0.05) is 19.0 Å². The molecule has 146 valence electrons. The quantitative estimate of drug-likeness (QED) is 0.797. The molecule has 2 heterocycles. The van der Waals surface area contributed by atoms with Crippen LogP contribution in [0.3, 0.4) is 0 Å². The Morgan fingerprint density at radius 2 is 1.89 bits per heavy atom. The maximum Gasteiger partial charge on any atom is 0.252 e. The van der Waals surface area contributed by atoms with Crippen LogP contribution in [0, 0.1) is 5.92 Å². The SMILES string of the molecule is CCc1ccc([C@H](C)NC(=O)C2CCN(S(=O)(=O)c3cccs3)CC2)cc1. The van der Waals surface area contributed by atoms with Gasteiger partial charge in [-0.2, -0.15) is 4.31 Å². The maximum absolute atomic E-state index is 12.6. The topological polar surface area (TPSA) is 66.5 Å². The lowest BCUT2D eigenvalue weighted by atomic mass is 9.96. The predicted octanol–water partition coefficient (Wildman–Crippen LogP) is 3.59. The number of carbonyl (C=O) groups excluding carboxylic acids is 1. The van der Waals surface area contributed by atoms with E-state index in [0.717, 1.165) is 12.0 Å². The Morgan fingerprint density at radius 1 is 1.22 bits per heavy atom. The lowest BCUT2D eigenvalue weighted by Gasteiger charge is -2.30. The van der Waals surface area contributed by atoms with Gasteiger partial charge in [-0.3, -0.25) is 4.79 Å². The van der Waals surface area contributed by atoms with E-state index in [-0.39, 0.29) is 17.9 Å². The molecule has 0 saturated carbocycles. The minimum Gasteiger partial charge on any atom is -0.349 e. The second-order valence-corrected chi connectivity index (χ2v) is 10.0. The normalized spacial score (nSPS) is 17.6. The Balaban J connectivity index is 1.55. The molecular formula is C20H26N2O3S2. The van der Waals surface area contributed by atoms with Crippen LogP contribution in [0.1, 0.15) is 43.9 Å². The van der Waals surface area contributed by atoms with Crippen molar-refractivity contribution in [1.29, 1.82) is 0 Å². The van der Waals surface area contributed by atoms with Gasteiger partial charge in [-0.05, 0) is 48.8 Å². The molecule has 2 aromatic rings. The number of thiophene rings is 1. The largest absolute Gasteiger partial charge is 0.349 e. The van der Waals surface area contributed by atoms with Gasteiger partial charge in [0.1, 0.15) is 4.21 Å². The number of hydrogen-bond acceptors (Lipinski definition) is 4. The van der Waals surface area contributed by atoms with Crippen molar-refractivity contribution in [3.63, 3.8) is 0 Å². The fraction of sp³-hybridized carbons (Fsp3) is 0.450.